The monoisotopic (exact) mass is 246 g/mol. The van der Waals surface area contributed by atoms with Gasteiger partial charge < -0.3 is 10.6 Å². The maximum Gasteiger partial charge on any atom is 0.227 e. The second-order valence-electron chi connectivity index (χ2n) is 3.64. The summed E-state index contributed by atoms with van der Waals surface area (Å²) in [5, 5.41) is 10.2. The zero-order chi connectivity index (χ0) is 9.97. The molecule has 5 heteroatoms. The number of nitrogens with one attached hydrogen (secondary N) is 2. The molecule has 1 fully saturated rings. The van der Waals surface area contributed by atoms with Crippen LogP contribution in [0.5, 0.6) is 0 Å². The van der Waals surface area contributed by atoms with Crippen molar-refractivity contribution in [1.82, 2.24) is 10.6 Å². The SMILES string of the molecule is CC(C(=O)NC1CNC1)c1ccsc1.Cl. The fourth-order valence-electron chi connectivity index (χ4n) is 1.39. The third-order valence-corrected chi connectivity index (χ3v) is 3.27. The van der Waals surface area contributed by atoms with Crippen molar-refractivity contribution in [2.24, 2.45) is 0 Å². The number of hydrogen-bond donors (Lipinski definition) is 2. The van der Waals surface area contributed by atoms with Crippen molar-refractivity contribution in [3.63, 3.8) is 0 Å². The highest BCUT2D eigenvalue weighted by Gasteiger charge is 2.22. The van der Waals surface area contributed by atoms with Crippen LogP contribution in [-0.2, 0) is 4.79 Å². The largest absolute Gasteiger partial charge is 0.350 e. The van der Waals surface area contributed by atoms with Crippen molar-refractivity contribution in [3.05, 3.63) is 22.4 Å². The summed E-state index contributed by atoms with van der Waals surface area (Å²) in [5.41, 5.74) is 1.11. The minimum atomic E-state index is -0.0261. The fourth-order valence-corrected chi connectivity index (χ4v) is 2.14. The van der Waals surface area contributed by atoms with Crippen LogP contribution in [0.25, 0.3) is 0 Å². The molecule has 0 aliphatic carbocycles. The van der Waals surface area contributed by atoms with E-state index in [1.165, 1.54) is 0 Å². The van der Waals surface area contributed by atoms with Gasteiger partial charge in [0.05, 0.1) is 12.0 Å². The number of carbonyl (C=O) groups excluding carboxylic acids is 1. The van der Waals surface area contributed by atoms with Crippen LogP contribution in [-0.4, -0.2) is 25.0 Å². The third kappa shape index (κ3) is 2.93. The molecule has 2 rings (SSSR count). The Bertz CT molecular complexity index is 311. The molecule has 1 saturated heterocycles. The van der Waals surface area contributed by atoms with E-state index in [0.717, 1.165) is 18.7 Å². The van der Waals surface area contributed by atoms with E-state index in [1.807, 2.05) is 23.8 Å². The molecule has 0 saturated carbocycles. The number of hydrogen-bond acceptors (Lipinski definition) is 3. The standard InChI is InChI=1S/C10H14N2OS.ClH/c1-7(8-2-3-14-6-8)10(13)12-9-4-11-5-9;/h2-3,6-7,9,11H,4-5H2,1H3,(H,12,13);1H. The van der Waals surface area contributed by atoms with E-state index in [4.69, 9.17) is 0 Å². The fraction of sp³-hybridized carbons (Fsp3) is 0.500. The lowest BCUT2D eigenvalue weighted by Crippen LogP contribution is -2.57. The van der Waals surface area contributed by atoms with E-state index in [-0.39, 0.29) is 24.2 Å². The van der Waals surface area contributed by atoms with Crippen molar-refractivity contribution >= 4 is 29.7 Å². The van der Waals surface area contributed by atoms with Crippen LogP contribution in [0, 0.1) is 0 Å². The van der Waals surface area contributed by atoms with Gasteiger partial charge in [-0.2, -0.15) is 11.3 Å². The minimum absolute atomic E-state index is 0. The van der Waals surface area contributed by atoms with Gasteiger partial charge in [-0.1, -0.05) is 0 Å². The van der Waals surface area contributed by atoms with Crippen molar-refractivity contribution < 1.29 is 4.79 Å². The van der Waals surface area contributed by atoms with E-state index in [9.17, 15) is 4.79 Å². The van der Waals surface area contributed by atoms with Crippen LogP contribution in [0.1, 0.15) is 18.4 Å². The molecule has 0 aromatic carbocycles. The average molecular weight is 247 g/mol. The Hall–Kier alpha value is -0.580. The molecule has 3 nitrogen and oxygen atoms in total. The lowest BCUT2D eigenvalue weighted by Gasteiger charge is -2.29. The van der Waals surface area contributed by atoms with Gasteiger partial charge in [0, 0.05) is 13.1 Å². The molecule has 0 radical (unpaired) electrons. The summed E-state index contributed by atoms with van der Waals surface area (Å²) in [5.74, 6) is 0.108. The van der Waals surface area contributed by atoms with Crippen molar-refractivity contribution in [2.45, 2.75) is 18.9 Å². The topological polar surface area (TPSA) is 41.1 Å². The lowest BCUT2D eigenvalue weighted by atomic mass is 10.0. The number of amides is 1. The normalized spacial score (nSPS) is 17.4. The molecule has 1 aliphatic rings. The zero-order valence-corrected chi connectivity index (χ0v) is 10.2. The summed E-state index contributed by atoms with van der Waals surface area (Å²) in [4.78, 5) is 11.7. The Morgan fingerprint density at radius 1 is 1.67 bits per heavy atom. The van der Waals surface area contributed by atoms with Gasteiger partial charge >= 0.3 is 0 Å². The van der Waals surface area contributed by atoms with Crippen LogP contribution in [0.3, 0.4) is 0 Å². The molecule has 15 heavy (non-hydrogen) atoms. The van der Waals surface area contributed by atoms with Crippen molar-refractivity contribution in [2.75, 3.05) is 13.1 Å². The Kier molecular flexibility index (Phi) is 4.57. The third-order valence-electron chi connectivity index (χ3n) is 2.56. The summed E-state index contributed by atoms with van der Waals surface area (Å²) in [6, 6.07) is 2.34. The highest BCUT2D eigenvalue weighted by molar-refractivity contribution is 7.08. The molecular formula is C10H15ClN2OS. The van der Waals surface area contributed by atoms with Crippen LogP contribution >= 0.6 is 23.7 Å². The van der Waals surface area contributed by atoms with Crippen LogP contribution in [0.2, 0.25) is 0 Å². The van der Waals surface area contributed by atoms with E-state index in [2.05, 4.69) is 10.6 Å². The maximum absolute atomic E-state index is 11.7. The van der Waals surface area contributed by atoms with E-state index >= 15 is 0 Å². The van der Waals surface area contributed by atoms with Crippen molar-refractivity contribution in [1.29, 1.82) is 0 Å². The highest BCUT2D eigenvalue weighted by atomic mass is 35.5. The first-order chi connectivity index (χ1) is 6.77. The molecular weight excluding hydrogens is 232 g/mol. The Morgan fingerprint density at radius 3 is 2.87 bits per heavy atom. The molecule has 1 atom stereocenters. The van der Waals surface area contributed by atoms with Gasteiger partial charge in [0.1, 0.15) is 0 Å². The second kappa shape index (κ2) is 5.49. The summed E-state index contributed by atoms with van der Waals surface area (Å²) in [6.45, 7) is 3.76. The molecule has 1 aromatic heterocycles. The number of halogens is 1. The summed E-state index contributed by atoms with van der Waals surface area (Å²) < 4.78 is 0. The molecule has 1 amide bonds. The molecule has 0 spiro atoms. The van der Waals surface area contributed by atoms with Gasteiger partial charge in [-0.25, -0.2) is 0 Å². The highest BCUT2D eigenvalue weighted by Crippen LogP contribution is 2.18. The van der Waals surface area contributed by atoms with Crippen LogP contribution in [0.15, 0.2) is 16.8 Å². The van der Waals surface area contributed by atoms with Crippen LogP contribution < -0.4 is 10.6 Å². The molecule has 2 heterocycles. The first-order valence-corrected chi connectivity index (χ1v) is 5.75. The van der Waals surface area contributed by atoms with E-state index in [0.29, 0.717) is 6.04 Å². The lowest BCUT2D eigenvalue weighted by molar-refractivity contribution is -0.123. The molecule has 1 aromatic rings. The predicted molar refractivity (Wildman–Crippen MR) is 64.8 cm³/mol. The Balaban J connectivity index is 0.00000112. The molecule has 0 bridgehead atoms. The van der Waals surface area contributed by atoms with Gasteiger partial charge in [0.15, 0.2) is 0 Å². The van der Waals surface area contributed by atoms with Gasteiger partial charge in [-0.15, -0.1) is 12.4 Å². The first kappa shape index (κ1) is 12.5. The molecule has 1 unspecified atom stereocenters. The van der Waals surface area contributed by atoms with Gasteiger partial charge in [0.25, 0.3) is 0 Å². The minimum Gasteiger partial charge on any atom is -0.350 e. The average Bonchev–Trinajstić information content (AvgIpc) is 2.62. The smallest absolute Gasteiger partial charge is 0.227 e. The predicted octanol–water partition coefficient (Wildman–Crippen LogP) is 1.36. The number of thiophene rings is 1. The van der Waals surface area contributed by atoms with Gasteiger partial charge in [-0.05, 0) is 29.3 Å². The summed E-state index contributed by atoms with van der Waals surface area (Å²) in [6.07, 6.45) is 0. The molecule has 84 valence electrons. The van der Waals surface area contributed by atoms with Crippen molar-refractivity contribution in [3.8, 4) is 0 Å². The summed E-state index contributed by atoms with van der Waals surface area (Å²) in [7, 11) is 0. The van der Waals surface area contributed by atoms with E-state index in [1.54, 1.807) is 11.3 Å². The van der Waals surface area contributed by atoms with Gasteiger partial charge in [0.2, 0.25) is 5.91 Å². The zero-order valence-electron chi connectivity index (χ0n) is 8.53. The number of rotatable bonds is 3. The molecule has 2 N–H and O–H groups in total. The summed E-state index contributed by atoms with van der Waals surface area (Å²) >= 11 is 1.63. The Labute approximate surface area is 99.7 Å². The maximum atomic E-state index is 11.7. The van der Waals surface area contributed by atoms with Crippen LogP contribution in [0.4, 0.5) is 0 Å². The van der Waals surface area contributed by atoms with Gasteiger partial charge in [-0.3, -0.25) is 4.79 Å². The second-order valence-corrected chi connectivity index (χ2v) is 4.42. The molecule has 1 aliphatic heterocycles. The number of carbonyl (C=O) groups is 1. The quantitative estimate of drug-likeness (QED) is 0.846. The van der Waals surface area contributed by atoms with E-state index < -0.39 is 0 Å². The Morgan fingerprint density at radius 2 is 2.40 bits per heavy atom. The first-order valence-electron chi connectivity index (χ1n) is 4.80.